The van der Waals surface area contributed by atoms with E-state index in [9.17, 15) is 5.26 Å². The Labute approximate surface area is 115 Å². The standard InChI is InChI=1S/C16H10N4/c17-9-11-4-3-5-12(8-11)19-16-14(10-18)13-6-1-2-7-15(13)20-16/h1-8,19-20H. The molecule has 0 spiro atoms. The molecule has 0 aliphatic rings. The number of aromatic nitrogens is 1. The molecular formula is C16H10N4. The van der Waals surface area contributed by atoms with Gasteiger partial charge in [-0.1, -0.05) is 24.3 Å². The number of hydrogen-bond donors (Lipinski definition) is 2. The number of rotatable bonds is 2. The molecule has 20 heavy (non-hydrogen) atoms. The largest absolute Gasteiger partial charge is 0.341 e. The molecule has 0 aliphatic carbocycles. The molecule has 0 radical (unpaired) electrons. The Morgan fingerprint density at radius 2 is 1.80 bits per heavy atom. The Morgan fingerprint density at radius 3 is 2.60 bits per heavy atom. The van der Waals surface area contributed by atoms with Crippen molar-refractivity contribution in [1.82, 2.24) is 4.98 Å². The lowest BCUT2D eigenvalue weighted by Crippen LogP contribution is -1.93. The van der Waals surface area contributed by atoms with Crippen molar-refractivity contribution < 1.29 is 0 Å². The van der Waals surface area contributed by atoms with Gasteiger partial charge in [-0.2, -0.15) is 10.5 Å². The van der Waals surface area contributed by atoms with Crippen LogP contribution in [0.1, 0.15) is 11.1 Å². The lowest BCUT2D eigenvalue weighted by Gasteiger charge is -2.04. The van der Waals surface area contributed by atoms with Crippen molar-refractivity contribution in [1.29, 1.82) is 10.5 Å². The summed E-state index contributed by atoms with van der Waals surface area (Å²) < 4.78 is 0. The maximum absolute atomic E-state index is 9.32. The monoisotopic (exact) mass is 258 g/mol. The average molecular weight is 258 g/mol. The van der Waals surface area contributed by atoms with Crippen LogP contribution < -0.4 is 5.32 Å². The lowest BCUT2D eigenvalue weighted by atomic mass is 10.2. The second kappa shape index (κ2) is 4.79. The second-order valence-corrected chi connectivity index (χ2v) is 4.35. The van der Waals surface area contributed by atoms with E-state index in [1.807, 2.05) is 30.3 Å². The number of fused-ring (bicyclic) bond motifs is 1. The number of nitrogens with one attached hydrogen (secondary N) is 2. The van der Waals surface area contributed by atoms with E-state index in [0.717, 1.165) is 16.6 Å². The van der Waals surface area contributed by atoms with Gasteiger partial charge in [0.05, 0.1) is 11.6 Å². The third-order valence-electron chi connectivity index (χ3n) is 3.08. The van der Waals surface area contributed by atoms with Crippen molar-refractivity contribution >= 4 is 22.4 Å². The van der Waals surface area contributed by atoms with Gasteiger partial charge in [0.2, 0.25) is 0 Å². The number of para-hydroxylation sites is 1. The zero-order valence-corrected chi connectivity index (χ0v) is 10.5. The normalized spacial score (nSPS) is 9.90. The van der Waals surface area contributed by atoms with Gasteiger partial charge in [0.1, 0.15) is 17.5 Å². The molecule has 2 aromatic carbocycles. The Balaban J connectivity index is 2.07. The van der Waals surface area contributed by atoms with Crippen LogP contribution in [-0.4, -0.2) is 4.98 Å². The van der Waals surface area contributed by atoms with Crippen LogP contribution in [0.5, 0.6) is 0 Å². The number of H-pyrrole nitrogens is 1. The molecule has 3 aromatic rings. The first-order valence-corrected chi connectivity index (χ1v) is 6.10. The first-order chi connectivity index (χ1) is 9.81. The van der Waals surface area contributed by atoms with Gasteiger partial charge < -0.3 is 10.3 Å². The maximum Gasteiger partial charge on any atom is 0.127 e. The van der Waals surface area contributed by atoms with Gasteiger partial charge in [-0.15, -0.1) is 0 Å². The molecule has 0 fully saturated rings. The highest BCUT2D eigenvalue weighted by Gasteiger charge is 2.10. The van der Waals surface area contributed by atoms with Crippen LogP contribution in [0.15, 0.2) is 48.5 Å². The summed E-state index contributed by atoms with van der Waals surface area (Å²) in [5.41, 5.74) is 2.82. The minimum Gasteiger partial charge on any atom is -0.341 e. The molecule has 1 heterocycles. The maximum atomic E-state index is 9.32. The number of hydrogen-bond acceptors (Lipinski definition) is 3. The van der Waals surface area contributed by atoms with Gasteiger partial charge in [-0.3, -0.25) is 0 Å². The van der Waals surface area contributed by atoms with E-state index in [-0.39, 0.29) is 0 Å². The zero-order chi connectivity index (χ0) is 13.9. The van der Waals surface area contributed by atoms with E-state index in [4.69, 9.17) is 5.26 Å². The minimum absolute atomic E-state index is 0.572. The molecular weight excluding hydrogens is 248 g/mol. The van der Waals surface area contributed by atoms with Gasteiger partial charge in [0.15, 0.2) is 0 Å². The Bertz CT molecular complexity index is 862. The smallest absolute Gasteiger partial charge is 0.127 e. The summed E-state index contributed by atoms with van der Waals surface area (Å²) >= 11 is 0. The van der Waals surface area contributed by atoms with Gasteiger partial charge >= 0.3 is 0 Å². The molecule has 0 bridgehead atoms. The number of nitriles is 2. The van der Waals surface area contributed by atoms with Crippen molar-refractivity contribution in [3.05, 3.63) is 59.7 Å². The summed E-state index contributed by atoms with van der Waals surface area (Å²) in [5, 5.41) is 22.3. The summed E-state index contributed by atoms with van der Waals surface area (Å²) in [7, 11) is 0. The molecule has 0 amide bonds. The molecule has 4 nitrogen and oxygen atoms in total. The van der Waals surface area contributed by atoms with Crippen LogP contribution in [-0.2, 0) is 0 Å². The van der Waals surface area contributed by atoms with Gasteiger partial charge in [0.25, 0.3) is 0 Å². The highest BCUT2D eigenvalue weighted by atomic mass is 15.0. The topological polar surface area (TPSA) is 75.4 Å². The fraction of sp³-hybridized carbons (Fsp3) is 0. The van der Waals surface area contributed by atoms with E-state index in [1.165, 1.54) is 0 Å². The quantitative estimate of drug-likeness (QED) is 0.736. The Morgan fingerprint density at radius 1 is 0.950 bits per heavy atom. The summed E-state index contributed by atoms with van der Waals surface area (Å²) in [6, 6.07) is 19.1. The molecule has 4 heteroatoms. The van der Waals surface area contributed by atoms with Crippen molar-refractivity contribution in [2.75, 3.05) is 5.32 Å². The van der Waals surface area contributed by atoms with Crippen molar-refractivity contribution in [3.8, 4) is 12.1 Å². The SMILES string of the molecule is N#Cc1cccc(Nc2[nH]c3ccccc3c2C#N)c1. The first-order valence-electron chi connectivity index (χ1n) is 6.10. The van der Waals surface area contributed by atoms with E-state index in [0.29, 0.717) is 16.9 Å². The number of aromatic amines is 1. The summed E-state index contributed by atoms with van der Waals surface area (Å²) in [4.78, 5) is 3.18. The molecule has 94 valence electrons. The molecule has 2 N–H and O–H groups in total. The third-order valence-corrected chi connectivity index (χ3v) is 3.08. The van der Waals surface area contributed by atoms with Crippen molar-refractivity contribution in [2.45, 2.75) is 0 Å². The van der Waals surface area contributed by atoms with E-state index in [1.54, 1.807) is 18.2 Å². The van der Waals surface area contributed by atoms with Crippen LogP contribution in [0.3, 0.4) is 0 Å². The third kappa shape index (κ3) is 1.96. The second-order valence-electron chi connectivity index (χ2n) is 4.35. The van der Waals surface area contributed by atoms with Crippen molar-refractivity contribution in [2.24, 2.45) is 0 Å². The molecule has 0 atom stereocenters. The van der Waals surface area contributed by atoms with Gasteiger partial charge in [-0.05, 0) is 24.3 Å². The lowest BCUT2D eigenvalue weighted by molar-refractivity contribution is 1.39. The molecule has 0 saturated heterocycles. The Hall–Kier alpha value is -3.24. The minimum atomic E-state index is 0.572. The van der Waals surface area contributed by atoms with Gasteiger partial charge in [-0.25, -0.2) is 0 Å². The predicted molar refractivity (Wildman–Crippen MR) is 77.5 cm³/mol. The number of anilines is 2. The predicted octanol–water partition coefficient (Wildman–Crippen LogP) is 3.65. The van der Waals surface area contributed by atoms with E-state index in [2.05, 4.69) is 22.4 Å². The number of nitrogens with zero attached hydrogens (tertiary/aromatic N) is 2. The average Bonchev–Trinajstić information content (AvgIpc) is 2.84. The summed E-state index contributed by atoms with van der Waals surface area (Å²) in [5.74, 6) is 0.642. The molecule has 1 aromatic heterocycles. The fourth-order valence-electron chi connectivity index (χ4n) is 2.16. The number of benzene rings is 2. The molecule has 3 rings (SSSR count). The molecule has 0 aliphatic heterocycles. The van der Waals surface area contributed by atoms with Crippen LogP contribution >= 0.6 is 0 Å². The Kier molecular flexibility index (Phi) is 2.84. The fourth-order valence-corrected chi connectivity index (χ4v) is 2.16. The van der Waals surface area contributed by atoms with Crippen LogP contribution in [0.25, 0.3) is 10.9 Å². The zero-order valence-electron chi connectivity index (χ0n) is 10.5. The molecule has 0 saturated carbocycles. The summed E-state index contributed by atoms with van der Waals surface area (Å²) in [6.45, 7) is 0. The van der Waals surface area contributed by atoms with Crippen LogP contribution in [0, 0.1) is 22.7 Å². The van der Waals surface area contributed by atoms with Crippen LogP contribution in [0.4, 0.5) is 11.5 Å². The van der Waals surface area contributed by atoms with Gasteiger partial charge in [0, 0.05) is 16.6 Å². The van der Waals surface area contributed by atoms with Crippen LogP contribution in [0.2, 0.25) is 0 Å². The summed E-state index contributed by atoms with van der Waals surface area (Å²) in [6.07, 6.45) is 0. The highest BCUT2D eigenvalue weighted by Crippen LogP contribution is 2.27. The van der Waals surface area contributed by atoms with Crippen molar-refractivity contribution in [3.63, 3.8) is 0 Å². The van der Waals surface area contributed by atoms with E-state index >= 15 is 0 Å². The molecule has 0 unspecified atom stereocenters. The first kappa shape index (κ1) is 11.8. The van der Waals surface area contributed by atoms with E-state index < -0.39 is 0 Å². The highest BCUT2D eigenvalue weighted by molar-refractivity contribution is 5.92.